The molecule has 1 aliphatic rings. The highest BCUT2D eigenvalue weighted by Crippen LogP contribution is 2.21. The molecule has 2 heterocycles. The summed E-state index contributed by atoms with van der Waals surface area (Å²) in [5.74, 6) is 1.30. The molecule has 0 radical (unpaired) electrons. The monoisotopic (exact) mass is 243 g/mol. The summed E-state index contributed by atoms with van der Waals surface area (Å²) in [5.41, 5.74) is 0. The van der Waals surface area contributed by atoms with Crippen LogP contribution in [0.25, 0.3) is 0 Å². The summed E-state index contributed by atoms with van der Waals surface area (Å²) in [6, 6.07) is 3.80. The normalized spacial score (nSPS) is 21.7. The number of thiophene rings is 1. The number of likely N-dealkylation sites (tertiary alicyclic amines) is 1. The summed E-state index contributed by atoms with van der Waals surface area (Å²) in [5, 5.41) is 1.94. The van der Waals surface area contributed by atoms with E-state index in [0.29, 0.717) is 11.8 Å². The minimum atomic E-state index is 0.166. The fourth-order valence-corrected chi connectivity index (χ4v) is 2.87. The molecular weight excluding hydrogens is 230 g/mol. The van der Waals surface area contributed by atoms with Crippen molar-refractivity contribution in [3.8, 4) is 0 Å². The Labute approximate surface area is 98.8 Å². The van der Waals surface area contributed by atoms with Gasteiger partial charge in [0.2, 0.25) is 0 Å². The van der Waals surface area contributed by atoms with Crippen molar-refractivity contribution < 1.29 is 4.79 Å². The molecule has 1 amide bonds. The lowest BCUT2D eigenvalue weighted by Gasteiger charge is -2.31. The Kier molecular flexibility index (Phi) is 3.65. The maximum atomic E-state index is 12.0. The van der Waals surface area contributed by atoms with Gasteiger partial charge in [0.25, 0.3) is 5.91 Å². The zero-order chi connectivity index (χ0) is 10.7. The molecule has 1 fully saturated rings. The van der Waals surface area contributed by atoms with Crippen LogP contribution in [0, 0.1) is 5.92 Å². The third-order valence-electron chi connectivity index (χ3n) is 2.76. The van der Waals surface area contributed by atoms with E-state index in [2.05, 4.69) is 0 Å². The van der Waals surface area contributed by atoms with Crippen LogP contribution in [0.1, 0.15) is 22.5 Å². The Morgan fingerprint density at radius 1 is 1.67 bits per heavy atom. The van der Waals surface area contributed by atoms with Crippen LogP contribution in [0.5, 0.6) is 0 Å². The van der Waals surface area contributed by atoms with Gasteiger partial charge >= 0.3 is 0 Å². The number of alkyl halides is 1. The maximum absolute atomic E-state index is 12.0. The number of amides is 1. The van der Waals surface area contributed by atoms with Crippen LogP contribution in [-0.4, -0.2) is 29.8 Å². The molecule has 0 N–H and O–H groups in total. The quantitative estimate of drug-likeness (QED) is 0.732. The average molecular weight is 244 g/mol. The predicted octanol–water partition coefficient (Wildman–Crippen LogP) is 2.84. The van der Waals surface area contributed by atoms with Crippen molar-refractivity contribution in [2.45, 2.75) is 12.8 Å². The van der Waals surface area contributed by atoms with E-state index in [1.165, 1.54) is 11.3 Å². The van der Waals surface area contributed by atoms with E-state index < -0.39 is 0 Å². The molecule has 1 aromatic heterocycles. The van der Waals surface area contributed by atoms with Gasteiger partial charge in [-0.3, -0.25) is 4.79 Å². The van der Waals surface area contributed by atoms with Crippen molar-refractivity contribution in [1.82, 2.24) is 4.90 Å². The van der Waals surface area contributed by atoms with Gasteiger partial charge < -0.3 is 4.90 Å². The summed E-state index contributed by atoms with van der Waals surface area (Å²) in [6.07, 6.45) is 2.23. The average Bonchev–Trinajstić information content (AvgIpc) is 2.81. The fraction of sp³-hybridized carbons (Fsp3) is 0.545. The number of carbonyl (C=O) groups is 1. The van der Waals surface area contributed by atoms with Gasteiger partial charge in [-0.1, -0.05) is 6.07 Å². The van der Waals surface area contributed by atoms with E-state index in [-0.39, 0.29) is 5.91 Å². The Morgan fingerprint density at radius 3 is 3.20 bits per heavy atom. The summed E-state index contributed by atoms with van der Waals surface area (Å²) < 4.78 is 0. The molecule has 2 rings (SSSR count). The fourth-order valence-electron chi connectivity index (χ4n) is 1.93. The van der Waals surface area contributed by atoms with E-state index in [1.807, 2.05) is 22.4 Å². The molecule has 0 saturated carbocycles. The van der Waals surface area contributed by atoms with Crippen molar-refractivity contribution in [3.05, 3.63) is 22.4 Å². The van der Waals surface area contributed by atoms with Gasteiger partial charge in [-0.2, -0.15) is 0 Å². The second kappa shape index (κ2) is 4.99. The lowest BCUT2D eigenvalue weighted by Crippen LogP contribution is -2.40. The molecule has 0 aromatic carbocycles. The molecule has 82 valence electrons. The molecule has 1 atom stereocenters. The number of rotatable bonds is 2. The molecule has 15 heavy (non-hydrogen) atoms. The number of halogens is 1. The molecule has 1 aliphatic heterocycles. The van der Waals surface area contributed by atoms with E-state index >= 15 is 0 Å². The highest BCUT2D eigenvalue weighted by Gasteiger charge is 2.24. The molecular formula is C11H14ClNOS. The minimum absolute atomic E-state index is 0.166. The van der Waals surface area contributed by atoms with Crippen LogP contribution in [0.15, 0.2) is 17.5 Å². The molecule has 1 aromatic rings. The van der Waals surface area contributed by atoms with Crippen molar-refractivity contribution in [1.29, 1.82) is 0 Å². The first kappa shape index (κ1) is 11.0. The van der Waals surface area contributed by atoms with Crippen LogP contribution >= 0.6 is 22.9 Å². The molecule has 0 spiro atoms. The standard InChI is InChI=1S/C11H14ClNOS/c12-7-9-3-1-5-13(8-9)11(14)10-4-2-6-15-10/h2,4,6,9H,1,3,5,7-8H2. The molecule has 1 unspecified atom stereocenters. The molecule has 1 saturated heterocycles. The molecule has 0 aliphatic carbocycles. The van der Waals surface area contributed by atoms with Gasteiger partial charge in [0.05, 0.1) is 4.88 Å². The lowest BCUT2D eigenvalue weighted by molar-refractivity contribution is 0.0690. The number of nitrogens with zero attached hydrogens (tertiary/aromatic N) is 1. The largest absolute Gasteiger partial charge is 0.338 e. The highest BCUT2D eigenvalue weighted by atomic mass is 35.5. The van der Waals surface area contributed by atoms with Crippen LogP contribution in [-0.2, 0) is 0 Å². The predicted molar refractivity (Wildman–Crippen MR) is 63.7 cm³/mol. The number of piperidine rings is 1. The number of hydrogen-bond acceptors (Lipinski definition) is 2. The number of hydrogen-bond donors (Lipinski definition) is 0. The van der Waals surface area contributed by atoms with E-state index in [0.717, 1.165) is 30.8 Å². The second-order valence-corrected chi connectivity index (χ2v) is 5.15. The Balaban J connectivity index is 2.01. The van der Waals surface area contributed by atoms with Crippen LogP contribution < -0.4 is 0 Å². The summed E-state index contributed by atoms with van der Waals surface area (Å²) in [4.78, 5) is 14.8. The maximum Gasteiger partial charge on any atom is 0.263 e. The SMILES string of the molecule is O=C(c1cccs1)N1CCCC(CCl)C1. The first-order chi connectivity index (χ1) is 7.31. The van der Waals surface area contributed by atoms with Gasteiger partial charge in [-0.15, -0.1) is 22.9 Å². The minimum Gasteiger partial charge on any atom is -0.338 e. The van der Waals surface area contributed by atoms with E-state index in [9.17, 15) is 4.79 Å². The summed E-state index contributed by atoms with van der Waals surface area (Å²) in [7, 11) is 0. The first-order valence-corrected chi connectivity index (χ1v) is 6.61. The third-order valence-corrected chi connectivity index (χ3v) is 4.05. The lowest BCUT2D eigenvalue weighted by atomic mass is 10.00. The van der Waals surface area contributed by atoms with Gasteiger partial charge in [0, 0.05) is 19.0 Å². The molecule has 4 heteroatoms. The van der Waals surface area contributed by atoms with Crippen molar-refractivity contribution in [2.75, 3.05) is 19.0 Å². The Morgan fingerprint density at radius 2 is 2.53 bits per heavy atom. The van der Waals surface area contributed by atoms with Crippen molar-refractivity contribution in [2.24, 2.45) is 5.92 Å². The van der Waals surface area contributed by atoms with Crippen LogP contribution in [0.2, 0.25) is 0 Å². The van der Waals surface area contributed by atoms with Crippen LogP contribution in [0.4, 0.5) is 0 Å². The van der Waals surface area contributed by atoms with Gasteiger partial charge in [0.15, 0.2) is 0 Å². The van der Waals surface area contributed by atoms with Crippen LogP contribution in [0.3, 0.4) is 0 Å². The van der Waals surface area contributed by atoms with E-state index in [4.69, 9.17) is 11.6 Å². The second-order valence-electron chi connectivity index (χ2n) is 3.89. The number of carbonyl (C=O) groups excluding carboxylic acids is 1. The van der Waals surface area contributed by atoms with Gasteiger partial charge in [-0.05, 0) is 30.2 Å². The zero-order valence-corrected chi connectivity index (χ0v) is 10.1. The third kappa shape index (κ3) is 2.52. The van der Waals surface area contributed by atoms with Gasteiger partial charge in [0.1, 0.15) is 0 Å². The van der Waals surface area contributed by atoms with Crippen molar-refractivity contribution in [3.63, 3.8) is 0 Å². The first-order valence-electron chi connectivity index (χ1n) is 5.20. The van der Waals surface area contributed by atoms with Gasteiger partial charge in [-0.25, -0.2) is 0 Å². The van der Waals surface area contributed by atoms with Crippen molar-refractivity contribution >= 4 is 28.8 Å². The molecule has 0 bridgehead atoms. The molecule has 2 nitrogen and oxygen atoms in total. The Hall–Kier alpha value is -0.540. The topological polar surface area (TPSA) is 20.3 Å². The summed E-state index contributed by atoms with van der Waals surface area (Å²) >= 11 is 7.35. The Bertz CT molecular complexity index is 325. The van der Waals surface area contributed by atoms with E-state index in [1.54, 1.807) is 0 Å². The summed E-state index contributed by atoms with van der Waals surface area (Å²) in [6.45, 7) is 1.70. The smallest absolute Gasteiger partial charge is 0.263 e. The zero-order valence-electron chi connectivity index (χ0n) is 8.49. The highest BCUT2D eigenvalue weighted by molar-refractivity contribution is 7.12.